The first kappa shape index (κ1) is 16.0. The first-order valence-corrected chi connectivity index (χ1v) is 7.72. The van der Waals surface area contributed by atoms with Gasteiger partial charge >= 0.3 is 0 Å². The average molecular weight is 330 g/mol. The van der Waals surface area contributed by atoms with Gasteiger partial charge in [-0.1, -0.05) is 5.53 Å². The fourth-order valence-corrected chi connectivity index (χ4v) is 2.50. The fraction of sp³-hybridized carbons (Fsp3) is 0.429. The summed E-state index contributed by atoms with van der Waals surface area (Å²) in [6.45, 7) is 2.32. The van der Waals surface area contributed by atoms with Crippen LogP contribution in [0.15, 0.2) is 29.7 Å². The molecule has 1 saturated heterocycles. The maximum Gasteiger partial charge on any atom is 0.256 e. The topological polar surface area (TPSA) is 130 Å². The Morgan fingerprint density at radius 1 is 1.42 bits per heavy atom. The van der Waals surface area contributed by atoms with Crippen LogP contribution in [0.3, 0.4) is 0 Å². The number of hydrogen-bond acceptors (Lipinski definition) is 7. The molecule has 0 unspecified atom stereocenters. The third kappa shape index (κ3) is 3.71. The van der Waals surface area contributed by atoms with Gasteiger partial charge in [-0.05, 0) is 32.0 Å². The van der Waals surface area contributed by atoms with Gasteiger partial charge in [-0.2, -0.15) is 15.0 Å². The Bertz CT molecular complexity index is 703. The molecule has 10 nitrogen and oxygen atoms in total. The molecular weight excluding hydrogens is 310 g/mol. The van der Waals surface area contributed by atoms with Gasteiger partial charge in [0.25, 0.3) is 5.82 Å². The van der Waals surface area contributed by atoms with Gasteiger partial charge in [-0.15, -0.1) is 9.67 Å². The molecule has 0 aliphatic carbocycles. The van der Waals surface area contributed by atoms with Crippen molar-refractivity contribution in [2.45, 2.75) is 25.5 Å². The quantitative estimate of drug-likeness (QED) is 0.236. The van der Waals surface area contributed by atoms with Gasteiger partial charge in [0.15, 0.2) is 12.1 Å². The van der Waals surface area contributed by atoms with Crippen LogP contribution in [-0.4, -0.2) is 44.1 Å². The van der Waals surface area contributed by atoms with Gasteiger partial charge in [0.2, 0.25) is 0 Å². The van der Waals surface area contributed by atoms with Gasteiger partial charge in [0, 0.05) is 11.3 Å². The number of hydrogen-bond donors (Lipinski definition) is 3. The smallest absolute Gasteiger partial charge is 0.256 e. The van der Waals surface area contributed by atoms with Crippen LogP contribution in [0.25, 0.3) is 0 Å². The highest BCUT2D eigenvalue weighted by molar-refractivity contribution is 5.47. The molecule has 3 rings (SSSR count). The summed E-state index contributed by atoms with van der Waals surface area (Å²) in [5.41, 5.74) is 13.1. The predicted octanol–water partition coefficient (Wildman–Crippen LogP) is 0.754. The van der Waals surface area contributed by atoms with Crippen molar-refractivity contribution in [1.29, 1.82) is 5.53 Å². The first-order chi connectivity index (χ1) is 11.8. The number of nitrogens with two attached hydrogens (primary N) is 1. The highest BCUT2D eigenvalue weighted by Crippen LogP contribution is 2.17. The highest BCUT2D eigenvalue weighted by Gasteiger charge is 2.17. The first-order valence-electron chi connectivity index (χ1n) is 7.72. The molecule has 4 N–H and O–H groups in total. The van der Waals surface area contributed by atoms with E-state index in [0.29, 0.717) is 24.2 Å². The molecule has 2 aromatic rings. The molecule has 0 saturated carbocycles. The van der Waals surface area contributed by atoms with E-state index in [1.165, 1.54) is 0 Å². The Balaban J connectivity index is 1.57. The lowest BCUT2D eigenvalue weighted by Crippen LogP contribution is -2.30. The lowest BCUT2D eigenvalue weighted by Gasteiger charge is -2.21. The summed E-state index contributed by atoms with van der Waals surface area (Å²) >= 11 is 0. The zero-order chi connectivity index (χ0) is 16.8. The predicted molar refractivity (Wildman–Crippen MR) is 85.1 cm³/mol. The van der Waals surface area contributed by atoms with E-state index in [2.05, 4.69) is 25.7 Å². The molecule has 1 aliphatic heterocycles. The maximum absolute atomic E-state index is 6.98. The van der Waals surface area contributed by atoms with E-state index in [9.17, 15) is 0 Å². The van der Waals surface area contributed by atoms with E-state index < -0.39 is 0 Å². The number of aromatic nitrogens is 4. The lowest BCUT2D eigenvalue weighted by atomic mass is 10.1. The molecule has 24 heavy (non-hydrogen) atoms. The van der Waals surface area contributed by atoms with Gasteiger partial charge < -0.3 is 15.8 Å². The maximum atomic E-state index is 6.98. The van der Waals surface area contributed by atoms with Crippen LogP contribution in [0.4, 0.5) is 5.82 Å². The molecule has 0 bridgehead atoms. The summed E-state index contributed by atoms with van der Waals surface area (Å²) in [5.74, 6) is 1.04. The minimum Gasteiger partial charge on any atom is -0.484 e. The zero-order valence-electron chi connectivity index (χ0n) is 13.2. The van der Waals surface area contributed by atoms with Crippen molar-refractivity contribution in [2.24, 2.45) is 11.0 Å². The van der Waals surface area contributed by atoms with Crippen LogP contribution < -0.4 is 15.8 Å². The molecular formula is C14H20N9O+. The molecule has 0 radical (unpaired) electrons. The molecule has 1 fully saturated rings. The third-order valence-corrected chi connectivity index (χ3v) is 3.78. The second kappa shape index (κ2) is 7.59. The van der Waals surface area contributed by atoms with E-state index in [1.807, 2.05) is 0 Å². The van der Waals surface area contributed by atoms with Gasteiger partial charge in [0.05, 0.1) is 12.2 Å². The van der Waals surface area contributed by atoms with Crippen molar-refractivity contribution in [3.8, 4) is 5.75 Å². The largest absolute Gasteiger partial charge is 0.484 e. The summed E-state index contributed by atoms with van der Waals surface area (Å²) in [5, 5.41) is 15.4. The van der Waals surface area contributed by atoms with E-state index >= 15 is 0 Å². The van der Waals surface area contributed by atoms with Gasteiger partial charge in [-0.25, -0.2) is 0 Å². The molecule has 1 aliphatic rings. The summed E-state index contributed by atoms with van der Waals surface area (Å²) in [4.78, 5) is 5.92. The van der Waals surface area contributed by atoms with Gasteiger partial charge in [0.1, 0.15) is 18.5 Å². The number of rotatable bonds is 6. The van der Waals surface area contributed by atoms with Crippen LogP contribution in [0.5, 0.6) is 5.75 Å². The highest BCUT2D eigenvalue weighted by atomic mass is 16.5. The monoisotopic (exact) mass is 330 g/mol. The van der Waals surface area contributed by atoms with E-state index in [1.54, 1.807) is 29.3 Å². The van der Waals surface area contributed by atoms with Crippen LogP contribution in [0.1, 0.15) is 24.6 Å². The number of nitrogens with one attached hydrogen (secondary N) is 2. The van der Waals surface area contributed by atoms with Crippen LogP contribution >= 0.6 is 0 Å². The summed E-state index contributed by atoms with van der Waals surface area (Å²) in [7, 11) is 0. The third-order valence-electron chi connectivity index (χ3n) is 3.78. The van der Waals surface area contributed by atoms with Crippen molar-refractivity contribution >= 4 is 12.2 Å². The standard InChI is InChI=1S/C14H19N9O/c15-10-22(21-16)14-2-1-13(8-18-14)24-9-11-7-19-23(20-11)12-3-5-17-6-4-12/h1-2,7-8,10,12,15-17H,3-6,9H2/p+1. The number of pyridine rings is 1. The molecule has 0 aromatic carbocycles. The fourth-order valence-electron chi connectivity index (χ4n) is 2.50. The van der Waals surface area contributed by atoms with E-state index in [4.69, 9.17) is 16.0 Å². The Kier molecular flexibility index (Phi) is 5.06. The Hall–Kier alpha value is -2.88. The molecule has 3 heterocycles. The average Bonchev–Trinajstić information content (AvgIpc) is 3.12. The molecule has 126 valence electrons. The minimum atomic E-state index is 0.321. The Labute approximate surface area is 138 Å². The second-order valence-corrected chi connectivity index (χ2v) is 5.37. The molecule has 0 amide bonds. The number of piperidine rings is 1. The number of ether oxygens (including phenoxy) is 1. The van der Waals surface area contributed by atoms with Crippen molar-refractivity contribution < 1.29 is 9.42 Å². The summed E-state index contributed by atoms with van der Waals surface area (Å²) < 4.78 is 6.81. The zero-order valence-corrected chi connectivity index (χ0v) is 13.2. The molecule has 0 atom stereocenters. The second-order valence-electron chi connectivity index (χ2n) is 5.37. The Morgan fingerprint density at radius 2 is 2.25 bits per heavy atom. The van der Waals surface area contributed by atoms with Crippen LogP contribution in [0, 0.1) is 5.53 Å². The summed E-state index contributed by atoms with van der Waals surface area (Å²) in [6.07, 6.45) is 6.52. The normalized spacial score (nSPS) is 16.1. The van der Waals surface area contributed by atoms with Crippen molar-refractivity contribution in [3.63, 3.8) is 0 Å². The van der Waals surface area contributed by atoms with E-state index in [0.717, 1.165) is 42.6 Å². The van der Waals surface area contributed by atoms with Crippen molar-refractivity contribution in [2.75, 3.05) is 13.1 Å². The minimum absolute atomic E-state index is 0.321. The molecule has 10 heteroatoms. The van der Waals surface area contributed by atoms with Crippen LogP contribution in [-0.2, 0) is 6.61 Å². The van der Waals surface area contributed by atoms with Crippen molar-refractivity contribution in [3.05, 3.63) is 30.2 Å². The lowest BCUT2D eigenvalue weighted by molar-refractivity contribution is -0.458. The summed E-state index contributed by atoms with van der Waals surface area (Å²) in [6, 6.07) is 3.76. The van der Waals surface area contributed by atoms with Gasteiger partial charge in [-0.3, -0.25) is 0 Å². The van der Waals surface area contributed by atoms with Crippen molar-refractivity contribution in [1.82, 2.24) is 25.3 Å². The Morgan fingerprint density at radius 3 is 2.92 bits per heavy atom. The van der Waals surface area contributed by atoms with E-state index in [-0.39, 0.29) is 0 Å². The SMILES string of the molecule is N=N[N+](=CN)c1ccc(OCc2cnn(C3CCNCC3)n2)cn1. The molecule has 0 spiro atoms. The van der Waals surface area contributed by atoms with Crippen LogP contribution in [0.2, 0.25) is 0 Å². The molecule has 2 aromatic heterocycles. The number of nitrogens with zero attached hydrogens (tertiary/aromatic N) is 6.